The number of aliphatic imine (C=N–C) groups is 2. The minimum atomic E-state index is -0.164. The molecule has 1 aliphatic heterocycles. The fourth-order valence-corrected chi connectivity index (χ4v) is 0.335. The summed E-state index contributed by atoms with van der Waals surface area (Å²) in [4.78, 5) is 17.2. The summed E-state index contributed by atoms with van der Waals surface area (Å²) in [5.74, 6) is -0.164. The average Bonchev–Trinajstić information content (AvgIpc) is 1.69. The van der Waals surface area contributed by atoms with E-state index in [1.807, 2.05) is 0 Å². The number of rotatable bonds is 0. The van der Waals surface area contributed by atoms with Gasteiger partial charge in [-0.05, 0) is 0 Å². The topological polar surface area (TPSA) is 41.8 Å². The van der Waals surface area contributed by atoms with Crippen molar-refractivity contribution < 1.29 is 4.79 Å². The minimum absolute atomic E-state index is 0. The Hall–Kier alpha value is 0.0100. The second-order valence-corrected chi connectivity index (χ2v) is 1.16. The van der Waals surface area contributed by atoms with Crippen molar-refractivity contribution in [3.63, 3.8) is 0 Å². The Labute approximate surface area is 69.2 Å². The van der Waals surface area contributed by atoms with E-state index < -0.39 is 0 Å². The van der Waals surface area contributed by atoms with Crippen molar-refractivity contribution in [2.75, 3.05) is 6.54 Å². The number of carbonyl (C=O) groups is 1. The van der Waals surface area contributed by atoms with Gasteiger partial charge >= 0.3 is 0 Å². The van der Waals surface area contributed by atoms with Crippen LogP contribution in [0.2, 0.25) is 0 Å². The molecule has 0 bridgehead atoms. The minimum Gasteiger partial charge on any atom is -0.282 e. The van der Waals surface area contributed by atoms with E-state index in [9.17, 15) is 4.79 Å². The quantitative estimate of drug-likeness (QED) is 0.388. The molecule has 8 heavy (non-hydrogen) atoms. The van der Waals surface area contributed by atoms with Crippen LogP contribution in [0.4, 0.5) is 0 Å². The van der Waals surface area contributed by atoms with Crippen molar-refractivity contribution in [1.82, 2.24) is 0 Å². The Kier molecular flexibility index (Phi) is 3.95. The molecule has 1 amide bonds. The van der Waals surface area contributed by atoms with E-state index in [-0.39, 0.29) is 42.0 Å². The molecule has 1 rings (SSSR count). The van der Waals surface area contributed by atoms with Crippen LogP contribution in [0.3, 0.4) is 0 Å². The van der Waals surface area contributed by atoms with Crippen molar-refractivity contribution in [2.45, 2.75) is 0 Å². The standard InChI is InChI=1S/C4H4N2O.Na/c7-4-3-5-1-2-6-4;/h1-2H,3H2;. The van der Waals surface area contributed by atoms with Gasteiger partial charge in [0.05, 0.1) is 0 Å². The molecule has 0 saturated heterocycles. The first-order chi connectivity index (χ1) is 3.39. The van der Waals surface area contributed by atoms with Gasteiger partial charge in [-0.3, -0.25) is 9.79 Å². The van der Waals surface area contributed by atoms with Crippen LogP contribution in [0, 0.1) is 0 Å². The zero-order valence-corrected chi connectivity index (χ0v) is 6.66. The fourth-order valence-electron chi connectivity index (χ4n) is 0.335. The van der Waals surface area contributed by atoms with Crippen molar-refractivity contribution in [1.29, 1.82) is 0 Å². The van der Waals surface area contributed by atoms with Gasteiger partial charge in [0.25, 0.3) is 5.91 Å². The van der Waals surface area contributed by atoms with E-state index in [4.69, 9.17) is 0 Å². The molecular weight excluding hydrogens is 115 g/mol. The predicted octanol–water partition coefficient (Wildman–Crippen LogP) is -0.713. The van der Waals surface area contributed by atoms with Crippen molar-refractivity contribution in [3.05, 3.63) is 0 Å². The molecular formula is C4H4N2NaO. The predicted molar refractivity (Wildman–Crippen MR) is 32.6 cm³/mol. The van der Waals surface area contributed by atoms with E-state index in [1.54, 1.807) is 0 Å². The van der Waals surface area contributed by atoms with Crippen LogP contribution in [-0.2, 0) is 4.79 Å². The summed E-state index contributed by atoms with van der Waals surface area (Å²) >= 11 is 0. The van der Waals surface area contributed by atoms with Crippen molar-refractivity contribution in [3.8, 4) is 0 Å². The van der Waals surface area contributed by atoms with Gasteiger partial charge in [-0.2, -0.15) is 0 Å². The van der Waals surface area contributed by atoms with Crippen LogP contribution in [0.15, 0.2) is 9.98 Å². The Morgan fingerprint density at radius 1 is 1.50 bits per heavy atom. The van der Waals surface area contributed by atoms with Gasteiger partial charge in [-0.1, -0.05) is 0 Å². The first-order valence-corrected chi connectivity index (χ1v) is 1.95. The van der Waals surface area contributed by atoms with E-state index in [2.05, 4.69) is 9.98 Å². The molecule has 4 heteroatoms. The molecule has 0 aliphatic carbocycles. The van der Waals surface area contributed by atoms with Gasteiger partial charge in [0.2, 0.25) is 0 Å². The van der Waals surface area contributed by atoms with Gasteiger partial charge in [0.1, 0.15) is 6.54 Å². The largest absolute Gasteiger partial charge is 0.282 e. The monoisotopic (exact) mass is 119 g/mol. The zero-order chi connectivity index (χ0) is 5.11. The second kappa shape index (κ2) is 3.95. The summed E-state index contributed by atoms with van der Waals surface area (Å²) in [6.45, 7) is 0.219. The van der Waals surface area contributed by atoms with Crippen LogP contribution < -0.4 is 0 Å². The maximum atomic E-state index is 10.2. The van der Waals surface area contributed by atoms with E-state index in [0.29, 0.717) is 0 Å². The number of amides is 1. The SMILES string of the molecule is O=C1CN=CC=N1.[Na]. The summed E-state index contributed by atoms with van der Waals surface area (Å²) in [7, 11) is 0. The molecule has 0 aromatic rings. The fraction of sp³-hybridized carbons (Fsp3) is 0.250. The van der Waals surface area contributed by atoms with Gasteiger partial charge in [0.15, 0.2) is 0 Å². The zero-order valence-electron chi connectivity index (χ0n) is 4.66. The van der Waals surface area contributed by atoms with Crippen molar-refractivity contribution in [2.24, 2.45) is 9.98 Å². The Morgan fingerprint density at radius 3 is 2.50 bits per heavy atom. The summed E-state index contributed by atoms with van der Waals surface area (Å²) in [6.07, 6.45) is 2.91. The Balaban J connectivity index is 0.000000490. The maximum Gasteiger partial charge on any atom is 0.267 e. The number of hydrogen-bond acceptors (Lipinski definition) is 2. The third kappa shape index (κ3) is 2.35. The first-order valence-electron chi connectivity index (χ1n) is 1.95. The van der Waals surface area contributed by atoms with Crippen molar-refractivity contribution >= 4 is 47.9 Å². The maximum absolute atomic E-state index is 10.2. The normalized spacial score (nSPS) is 15.8. The van der Waals surface area contributed by atoms with E-state index in [0.717, 1.165) is 0 Å². The smallest absolute Gasteiger partial charge is 0.267 e. The third-order valence-electron chi connectivity index (χ3n) is 0.617. The van der Waals surface area contributed by atoms with Crippen LogP contribution in [0.5, 0.6) is 0 Å². The van der Waals surface area contributed by atoms with Gasteiger partial charge in [-0.15, -0.1) is 0 Å². The van der Waals surface area contributed by atoms with E-state index in [1.165, 1.54) is 12.4 Å². The summed E-state index contributed by atoms with van der Waals surface area (Å²) < 4.78 is 0. The molecule has 1 heterocycles. The number of nitrogens with zero attached hydrogens (tertiary/aromatic N) is 2. The summed E-state index contributed by atoms with van der Waals surface area (Å²) in [5, 5.41) is 0. The van der Waals surface area contributed by atoms with Crippen LogP contribution >= 0.6 is 0 Å². The molecule has 0 unspecified atom stereocenters. The Bertz CT molecular complexity index is 141. The first kappa shape index (κ1) is 8.01. The summed E-state index contributed by atoms with van der Waals surface area (Å²) in [5.41, 5.74) is 0. The molecule has 3 nitrogen and oxygen atoms in total. The summed E-state index contributed by atoms with van der Waals surface area (Å²) in [6, 6.07) is 0. The molecule has 1 radical (unpaired) electrons. The molecule has 0 aromatic heterocycles. The molecule has 0 aromatic carbocycles. The molecule has 0 spiro atoms. The van der Waals surface area contributed by atoms with E-state index >= 15 is 0 Å². The molecule has 0 fully saturated rings. The average molecular weight is 119 g/mol. The molecule has 0 N–H and O–H groups in total. The molecule has 0 atom stereocenters. The Morgan fingerprint density at radius 2 is 2.25 bits per heavy atom. The molecule has 37 valence electrons. The van der Waals surface area contributed by atoms with Crippen LogP contribution in [0.25, 0.3) is 0 Å². The third-order valence-corrected chi connectivity index (χ3v) is 0.617. The van der Waals surface area contributed by atoms with Gasteiger partial charge in [-0.25, -0.2) is 4.99 Å². The van der Waals surface area contributed by atoms with Crippen LogP contribution in [-0.4, -0.2) is 54.4 Å². The molecule has 1 aliphatic rings. The molecule has 0 saturated carbocycles. The number of carbonyl (C=O) groups excluding carboxylic acids is 1. The van der Waals surface area contributed by atoms with Gasteiger partial charge in [0, 0.05) is 42.0 Å². The second-order valence-electron chi connectivity index (χ2n) is 1.16. The number of hydrogen-bond donors (Lipinski definition) is 0. The van der Waals surface area contributed by atoms with Gasteiger partial charge < -0.3 is 0 Å². The van der Waals surface area contributed by atoms with Crippen LogP contribution in [0.1, 0.15) is 0 Å².